The van der Waals surface area contributed by atoms with Crippen LogP contribution in [0.25, 0.3) is 0 Å². The quantitative estimate of drug-likeness (QED) is 0.456. The van der Waals surface area contributed by atoms with Crippen molar-refractivity contribution in [3.05, 3.63) is 35.9 Å². The number of benzene rings is 1. The molecule has 1 heterocycles. The first-order chi connectivity index (χ1) is 13.9. The fourth-order valence-corrected chi connectivity index (χ4v) is 4.44. The molecule has 0 bridgehead atoms. The van der Waals surface area contributed by atoms with Crippen molar-refractivity contribution in [2.75, 3.05) is 12.9 Å². The van der Waals surface area contributed by atoms with Crippen molar-refractivity contribution in [1.29, 1.82) is 0 Å². The number of rotatable bonds is 9. The van der Waals surface area contributed by atoms with Crippen molar-refractivity contribution in [2.24, 2.45) is 0 Å². The lowest BCUT2D eigenvalue weighted by Gasteiger charge is -2.31. The van der Waals surface area contributed by atoms with Gasteiger partial charge < -0.3 is 14.6 Å². The highest BCUT2D eigenvalue weighted by atomic mass is 32.2. The minimum Gasteiger partial charge on any atom is -0.466 e. The van der Waals surface area contributed by atoms with Gasteiger partial charge in [0.15, 0.2) is 0 Å². The summed E-state index contributed by atoms with van der Waals surface area (Å²) in [4.78, 5) is 25.2. The average molecular weight is 444 g/mol. The van der Waals surface area contributed by atoms with E-state index in [1.165, 1.54) is 4.90 Å². The molecule has 3 atom stereocenters. The normalized spacial score (nSPS) is 21.9. The molecule has 0 aromatic heterocycles. The summed E-state index contributed by atoms with van der Waals surface area (Å²) < 4.78 is 39.4. The van der Waals surface area contributed by atoms with Gasteiger partial charge in [-0.2, -0.15) is 8.42 Å². The first kappa shape index (κ1) is 24.1. The van der Waals surface area contributed by atoms with Crippen LogP contribution in [0.3, 0.4) is 0 Å². The van der Waals surface area contributed by atoms with E-state index >= 15 is 0 Å². The largest absolute Gasteiger partial charge is 0.466 e. The Bertz CT molecular complexity index is 840. The van der Waals surface area contributed by atoms with Gasteiger partial charge in [-0.3, -0.25) is 13.9 Å². The standard InChI is InChI=1S/C20H29NO8S/c1-5-27-18(22)13-15(29-30(4,25)26)12-17-16(11-14-9-7-6-8-10-14)21(19(23)24)20(2,3)28-17/h6-10,15-17H,5,11-13H2,1-4H3,(H,23,24). The molecule has 30 heavy (non-hydrogen) atoms. The minimum atomic E-state index is -3.85. The number of hydrogen-bond donors (Lipinski definition) is 1. The van der Waals surface area contributed by atoms with E-state index in [2.05, 4.69) is 0 Å². The van der Waals surface area contributed by atoms with Crippen LogP contribution in [0.1, 0.15) is 39.2 Å². The van der Waals surface area contributed by atoms with Gasteiger partial charge in [0.25, 0.3) is 10.1 Å². The third-order valence-electron chi connectivity index (χ3n) is 4.78. The van der Waals surface area contributed by atoms with Crippen molar-refractivity contribution in [1.82, 2.24) is 4.90 Å². The van der Waals surface area contributed by atoms with Crippen LogP contribution in [-0.2, 0) is 35.0 Å². The van der Waals surface area contributed by atoms with Crippen LogP contribution < -0.4 is 0 Å². The highest BCUT2D eigenvalue weighted by Crippen LogP contribution is 2.36. The molecule has 1 fully saturated rings. The smallest absolute Gasteiger partial charge is 0.409 e. The Morgan fingerprint density at radius 2 is 1.90 bits per heavy atom. The molecule has 3 unspecified atom stereocenters. The van der Waals surface area contributed by atoms with Crippen molar-refractivity contribution in [2.45, 2.75) is 64.0 Å². The molecule has 1 aliphatic heterocycles. The van der Waals surface area contributed by atoms with E-state index in [1.54, 1.807) is 20.8 Å². The highest BCUT2D eigenvalue weighted by Gasteiger charge is 2.50. The molecule has 1 aromatic carbocycles. The van der Waals surface area contributed by atoms with E-state index in [0.29, 0.717) is 6.42 Å². The summed E-state index contributed by atoms with van der Waals surface area (Å²) in [6, 6.07) is 8.74. The zero-order chi connectivity index (χ0) is 22.5. The summed E-state index contributed by atoms with van der Waals surface area (Å²) in [5.41, 5.74) is -0.221. The third-order valence-corrected chi connectivity index (χ3v) is 5.40. The van der Waals surface area contributed by atoms with Crippen LogP contribution in [-0.4, -0.2) is 67.3 Å². The second-order valence-electron chi connectivity index (χ2n) is 7.68. The third kappa shape index (κ3) is 6.68. The van der Waals surface area contributed by atoms with E-state index < -0.39 is 46.2 Å². The molecule has 1 saturated heterocycles. The lowest BCUT2D eigenvalue weighted by atomic mass is 9.96. The highest BCUT2D eigenvalue weighted by molar-refractivity contribution is 7.86. The fourth-order valence-electron chi connectivity index (χ4n) is 3.80. The number of amides is 1. The van der Waals surface area contributed by atoms with Crippen molar-refractivity contribution >= 4 is 22.2 Å². The molecule has 1 aliphatic rings. The summed E-state index contributed by atoms with van der Waals surface area (Å²) in [6.07, 6.45) is -1.87. The van der Waals surface area contributed by atoms with Gasteiger partial charge in [-0.05, 0) is 32.8 Å². The molecule has 10 heteroatoms. The number of hydrogen-bond acceptors (Lipinski definition) is 7. The maximum absolute atomic E-state index is 12.0. The van der Waals surface area contributed by atoms with Crippen LogP contribution in [0.2, 0.25) is 0 Å². The topological polar surface area (TPSA) is 119 Å². The molecule has 1 amide bonds. The van der Waals surface area contributed by atoms with Gasteiger partial charge in [0, 0.05) is 6.42 Å². The molecule has 0 radical (unpaired) electrons. The van der Waals surface area contributed by atoms with Crippen molar-refractivity contribution in [3.8, 4) is 0 Å². The summed E-state index contributed by atoms with van der Waals surface area (Å²) in [5, 5.41) is 9.80. The van der Waals surface area contributed by atoms with Gasteiger partial charge in [-0.25, -0.2) is 4.79 Å². The summed E-state index contributed by atoms with van der Waals surface area (Å²) in [7, 11) is -3.85. The molecule has 1 aromatic rings. The first-order valence-electron chi connectivity index (χ1n) is 9.71. The van der Waals surface area contributed by atoms with Crippen LogP contribution in [0.4, 0.5) is 4.79 Å². The number of carboxylic acid groups (broad SMARTS) is 1. The lowest BCUT2D eigenvalue weighted by molar-refractivity contribution is -0.145. The predicted molar refractivity (Wildman–Crippen MR) is 108 cm³/mol. The summed E-state index contributed by atoms with van der Waals surface area (Å²) in [5.74, 6) is -0.599. The minimum absolute atomic E-state index is 0.0105. The van der Waals surface area contributed by atoms with Crippen LogP contribution >= 0.6 is 0 Å². The summed E-state index contributed by atoms with van der Waals surface area (Å²) in [6.45, 7) is 5.07. The fraction of sp³-hybridized carbons (Fsp3) is 0.600. The van der Waals surface area contributed by atoms with Gasteiger partial charge in [-0.15, -0.1) is 0 Å². The number of nitrogens with zero attached hydrogens (tertiary/aromatic N) is 1. The second kappa shape index (κ2) is 9.76. The van der Waals surface area contributed by atoms with Crippen LogP contribution in [0.15, 0.2) is 30.3 Å². The second-order valence-corrected chi connectivity index (χ2v) is 9.28. The molecule has 168 valence electrons. The Morgan fingerprint density at radius 3 is 2.43 bits per heavy atom. The maximum atomic E-state index is 12.0. The average Bonchev–Trinajstić information content (AvgIpc) is 2.84. The van der Waals surface area contributed by atoms with Gasteiger partial charge in [0.2, 0.25) is 0 Å². The maximum Gasteiger partial charge on any atom is 0.409 e. The van der Waals surface area contributed by atoms with Crippen LogP contribution in [0.5, 0.6) is 0 Å². The Balaban J connectivity index is 2.30. The Hall–Kier alpha value is -2.17. The van der Waals surface area contributed by atoms with E-state index in [1.807, 2.05) is 30.3 Å². The first-order valence-corrected chi connectivity index (χ1v) is 11.5. The van der Waals surface area contributed by atoms with E-state index in [0.717, 1.165) is 11.8 Å². The van der Waals surface area contributed by atoms with E-state index in [4.69, 9.17) is 13.7 Å². The van der Waals surface area contributed by atoms with Crippen molar-refractivity contribution in [3.63, 3.8) is 0 Å². The zero-order valence-electron chi connectivity index (χ0n) is 17.6. The Morgan fingerprint density at radius 1 is 1.27 bits per heavy atom. The lowest BCUT2D eigenvalue weighted by Crippen LogP contribution is -2.48. The molecular weight excluding hydrogens is 414 g/mol. The number of carbonyl (C=O) groups is 2. The molecular formula is C20H29NO8S. The number of esters is 1. The summed E-state index contributed by atoms with van der Waals surface area (Å²) >= 11 is 0. The van der Waals surface area contributed by atoms with E-state index in [9.17, 15) is 23.1 Å². The Labute approximate surface area is 177 Å². The molecule has 1 N–H and O–H groups in total. The number of carbonyl (C=O) groups excluding carboxylic acids is 1. The molecule has 9 nitrogen and oxygen atoms in total. The van der Waals surface area contributed by atoms with Gasteiger partial charge in [0.05, 0.1) is 37.5 Å². The number of ether oxygens (including phenoxy) is 2. The van der Waals surface area contributed by atoms with Gasteiger partial charge in [-0.1, -0.05) is 30.3 Å². The molecule has 0 saturated carbocycles. The Kier molecular flexibility index (Phi) is 7.84. The van der Waals surface area contributed by atoms with Gasteiger partial charge >= 0.3 is 12.1 Å². The SMILES string of the molecule is CCOC(=O)CC(CC1OC(C)(C)N(C(=O)O)C1Cc1ccccc1)OS(C)(=O)=O. The van der Waals surface area contributed by atoms with E-state index in [-0.39, 0.29) is 19.4 Å². The molecule has 2 rings (SSSR count). The molecule has 0 aliphatic carbocycles. The predicted octanol–water partition coefficient (Wildman–Crippen LogP) is 2.40. The monoisotopic (exact) mass is 443 g/mol. The molecule has 0 spiro atoms. The zero-order valence-corrected chi connectivity index (χ0v) is 18.4. The van der Waals surface area contributed by atoms with Crippen LogP contribution in [0, 0.1) is 0 Å². The van der Waals surface area contributed by atoms with Crippen molar-refractivity contribution < 1.29 is 36.8 Å². The van der Waals surface area contributed by atoms with Gasteiger partial charge in [0.1, 0.15) is 5.72 Å².